The molecule has 0 radical (unpaired) electrons. The highest BCUT2D eigenvalue weighted by Crippen LogP contribution is 2.15. The normalized spacial score (nSPS) is 18.2. The van der Waals surface area contributed by atoms with Crippen LogP contribution < -0.4 is 10.0 Å². The summed E-state index contributed by atoms with van der Waals surface area (Å²) in [5.41, 5.74) is 1.30. The quantitative estimate of drug-likeness (QED) is 0.826. The summed E-state index contributed by atoms with van der Waals surface area (Å²) >= 11 is 0. The number of hydrogen-bond acceptors (Lipinski definition) is 4. The molecule has 8 heteroatoms. The molecular formula is C15H24ClN3O3S. The molecule has 1 saturated heterocycles. The highest BCUT2D eigenvalue weighted by molar-refractivity contribution is 7.92. The maximum absolute atomic E-state index is 12.4. The third-order valence-corrected chi connectivity index (χ3v) is 4.37. The number of carbonyl (C=O) groups excluding carboxylic acids is 1. The summed E-state index contributed by atoms with van der Waals surface area (Å²) in [5, 5.41) is 3.22. The maximum Gasteiger partial charge on any atom is 0.229 e. The molecule has 0 saturated carbocycles. The molecule has 0 spiro atoms. The summed E-state index contributed by atoms with van der Waals surface area (Å²) in [4.78, 5) is 14.3. The van der Waals surface area contributed by atoms with E-state index < -0.39 is 10.0 Å². The molecule has 1 unspecified atom stereocenters. The Morgan fingerprint density at radius 1 is 1.39 bits per heavy atom. The number of piperidine rings is 1. The van der Waals surface area contributed by atoms with Gasteiger partial charge in [-0.1, -0.05) is 12.1 Å². The van der Waals surface area contributed by atoms with E-state index in [0.29, 0.717) is 11.7 Å². The van der Waals surface area contributed by atoms with Crippen molar-refractivity contribution in [3.05, 3.63) is 29.8 Å². The van der Waals surface area contributed by atoms with Crippen LogP contribution in [0.3, 0.4) is 0 Å². The minimum atomic E-state index is -3.31. The number of likely N-dealkylation sites (tertiary alicyclic amines) is 1. The highest BCUT2D eigenvalue weighted by Gasteiger charge is 2.22. The number of likely N-dealkylation sites (N-methyl/N-ethyl adjacent to an activating group) is 1. The minimum absolute atomic E-state index is 0. The standard InChI is InChI=1S/C15H23N3O3S.ClH/c1-16-14-7-4-8-18(11-14)15(19)10-12-5-3-6-13(9-12)17-22(2,20)21;/h3,5-6,9,14,16-17H,4,7-8,10-11H2,1-2H3;1H. The molecule has 1 aromatic carbocycles. The van der Waals surface area contributed by atoms with Crippen molar-refractivity contribution in [1.82, 2.24) is 10.2 Å². The first-order valence-electron chi connectivity index (χ1n) is 7.39. The second-order valence-electron chi connectivity index (χ2n) is 5.72. The number of nitrogens with one attached hydrogen (secondary N) is 2. The van der Waals surface area contributed by atoms with E-state index >= 15 is 0 Å². The lowest BCUT2D eigenvalue weighted by Gasteiger charge is -2.32. The summed E-state index contributed by atoms with van der Waals surface area (Å²) in [7, 11) is -1.39. The number of hydrogen-bond donors (Lipinski definition) is 2. The fraction of sp³-hybridized carbons (Fsp3) is 0.533. The van der Waals surface area contributed by atoms with E-state index in [2.05, 4.69) is 10.0 Å². The first-order chi connectivity index (χ1) is 10.4. The molecule has 0 bridgehead atoms. The molecule has 0 aliphatic carbocycles. The summed E-state index contributed by atoms with van der Waals surface area (Å²) in [6.45, 7) is 1.52. The van der Waals surface area contributed by atoms with Crippen molar-refractivity contribution in [2.45, 2.75) is 25.3 Å². The van der Waals surface area contributed by atoms with Gasteiger partial charge in [0.25, 0.3) is 0 Å². The molecule has 1 amide bonds. The van der Waals surface area contributed by atoms with Crippen molar-refractivity contribution in [2.75, 3.05) is 31.1 Å². The topological polar surface area (TPSA) is 78.5 Å². The van der Waals surface area contributed by atoms with Crippen LogP contribution in [0.15, 0.2) is 24.3 Å². The fourth-order valence-corrected chi connectivity index (χ4v) is 3.24. The Morgan fingerprint density at radius 2 is 2.13 bits per heavy atom. The Hall–Kier alpha value is -1.31. The van der Waals surface area contributed by atoms with Gasteiger partial charge in [0, 0.05) is 24.8 Å². The van der Waals surface area contributed by atoms with Crippen LogP contribution in [0.2, 0.25) is 0 Å². The Morgan fingerprint density at radius 3 is 2.78 bits per heavy atom. The number of anilines is 1. The van der Waals surface area contributed by atoms with E-state index in [-0.39, 0.29) is 24.7 Å². The molecule has 1 fully saturated rings. The van der Waals surface area contributed by atoms with E-state index in [0.717, 1.165) is 37.8 Å². The average Bonchev–Trinajstić information content (AvgIpc) is 2.46. The molecule has 1 heterocycles. The predicted octanol–water partition coefficient (Wildman–Crippen LogP) is 1.23. The van der Waals surface area contributed by atoms with Crippen LogP contribution in [0, 0.1) is 0 Å². The predicted molar refractivity (Wildman–Crippen MR) is 94.5 cm³/mol. The van der Waals surface area contributed by atoms with E-state index in [1.54, 1.807) is 18.2 Å². The first-order valence-corrected chi connectivity index (χ1v) is 9.28. The van der Waals surface area contributed by atoms with Crippen LogP contribution >= 0.6 is 12.4 Å². The molecule has 6 nitrogen and oxygen atoms in total. The lowest BCUT2D eigenvalue weighted by atomic mass is 10.0. The minimum Gasteiger partial charge on any atom is -0.341 e. The number of sulfonamides is 1. The smallest absolute Gasteiger partial charge is 0.229 e. The van der Waals surface area contributed by atoms with Crippen LogP contribution in [0.4, 0.5) is 5.69 Å². The van der Waals surface area contributed by atoms with Crippen LogP contribution in [0.1, 0.15) is 18.4 Å². The van der Waals surface area contributed by atoms with Gasteiger partial charge >= 0.3 is 0 Å². The second kappa shape index (κ2) is 8.52. The van der Waals surface area contributed by atoms with Gasteiger partial charge in [0.15, 0.2) is 0 Å². The van der Waals surface area contributed by atoms with Gasteiger partial charge < -0.3 is 10.2 Å². The fourth-order valence-electron chi connectivity index (χ4n) is 2.68. The SMILES string of the molecule is CNC1CCCN(C(=O)Cc2cccc(NS(C)(=O)=O)c2)C1.Cl. The van der Waals surface area contributed by atoms with Crippen LogP contribution in [-0.4, -0.2) is 51.7 Å². The lowest BCUT2D eigenvalue weighted by Crippen LogP contribution is -2.47. The van der Waals surface area contributed by atoms with Gasteiger partial charge in [-0.2, -0.15) is 0 Å². The number of amides is 1. The number of halogens is 1. The molecule has 23 heavy (non-hydrogen) atoms. The molecular weight excluding hydrogens is 338 g/mol. The Kier molecular flexibility index (Phi) is 7.31. The number of nitrogens with zero attached hydrogens (tertiary/aromatic N) is 1. The Labute approximate surface area is 144 Å². The van der Waals surface area contributed by atoms with Gasteiger partial charge in [-0.3, -0.25) is 9.52 Å². The van der Waals surface area contributed by atoms with E-state index in [1.165, 1.54) is 0 Å². The molecule has 2 rings (SSSR count). The van der Waals surface area contributed by atoms with E-state index in [9.17, 15) is 13.2 Å². The van der Waals surface area contributed by atoms with Crippen molar-refractivity contribution in [2.24, 2.45) is 0 Å². The van der Waals surface area contributed by atoms with E-state index in [4.69, 9.17) is 0 Å². The molecule has 1 aliphatic rings. The summed E-state index contributed by atoms with van der Waals surface area (Å²) in [5.74, 6) is 0.0801. The van der Waals surface area contributed by atoms with Gasteiger partial charge in [0.05, 0.1) is 12.7 Å². The van der Waals surface area contributed by atoms with Gasteiger partial charge in [-0.25, -0.2) is 8.42 Å². The summed E-state index contributed by atoms with van der Waals surface area (Å²) in [6.07, 6.45) is 3.49. The zero-order valence-electron chi connectivity index (χ0n) is 13.4. The van der Waals surface area contributed by atoms with Gasteiger partial charge in [-0.05, 0) is 37.6 Å². The molecule has 0 aromatic heterocycles. The van der Waals surface area contributed by atoms with Crippen molar-refractivity contribution in [3.8, 4) is 0 Å². The molecule has 1 aromatic rings. The molecule has 2 N–H and O–H groups in total. The Balaban J connectivity index is 0.00000264. The maximum atomic E-state index is 12.4. The first kappa shape index (κ1) is 19.7. The highest BCUT2D eigenvalue weighted by atomic mass is 35.5. The summed E-state index contributed by atoms with van der Waals surface area (Å²) in [6, 6.07) is 7.33. The van der Waals surface area contributed by atoms with Crippen molar-refractivity contribution in [3.63, 3.8) is 0 Å². The molecule has 1 atom stereocenters. The third kappa shape index (κ3) is 6.37. The summed E-state index contributed by atoms with van der Waals surface area (Å²) < 4.78 is 24.9. The van der Waals surface area contributed by atoms with Gasteiger partial charge in [0.1, 0.15) is 0 Å². The third-order valence-electron chi connectivity index (χ3n) is 3.77. The van der Waals surface area contributed by atoms with Crippen LogP contribution in [0.25, 0.3) is 0 Å². The van der Waals surface area contributed by atoms with Crippen molar-refractivity contribution >= 4 is 34.0 Å². The number of benzene rings is 1. The van der Waals surface area contributed by atoms with Gasteiger partial charge in [0.2, 0.25) is 15.9 Å². The largest absolute Gasteiger partial charge is 0.341 e. The number of rotatable bonds is 5. The molecule has 130 valence electrons. The second-order valence-corrected chi connectivity index (χ2v) is 7.47. The average molecular weight is 362 g/mol. The van der Waals surface area contributed by atoms with E-state index in [1.807, 2.05) is 18.0 Å². The number of carbonyl (C=O) groups is 1. The molecule has 1 aliphatic heterocycles. The van der Waals surface area contributed by atoms with Crippen LogP contribution in [0.5, 0.6) is 0 Å². The zero-order valence-corrected chi connectivity index (χ0v) is 15.0. The van der Waals surface area contributed by atoms with Crippen molar-refractivity contribution < 1.29 is 13.2 Å². The zero-order chi connectivity index (χ0) is 16.2. The van der Waals surface area contributed by atoms with Crippen LogP contribution in [-0.2, 0) is 21.2 Å². The lowest BCUT2D eigenvalue weighted by molar-refractivity contribution is -0.131. The van der Waals surface area contributed by atoms with Crippen molar-refractivity contribution in [1.29, 1.82) is 0 Å². The van der Waals surface area contributed by atoms with Gasteiger partial charge in [-0.15, -0.1) is 12.4 Å². The Bertz CT molecular complexity index is 637. The monoisotopic (exact) mass is 361 g/mol.